The van der Waals surface area contributed by atoms with Gasteiger partial charge in [-0.3, -0.25) is 14.4 Å². The van der Waals surface area contributed by atoms with Crippen LogP contribution >= 0.6 is 0 Å². The zero-order valence-corrected chi connectivity index (χ0v) is 16.4. The van der Waals surface area contributed by atoms with Gasteiger partial charge in [0.25, 0.3) is 5.91 Å². The standard InChI is InChI=1S/C21H27N3O4/c1-23(2)15-7-5-14(6-8-15)20(26)22-16(11-13-3-4-13)21(27)24-10-9-18-19(24)17(25)12-28-18/h5-8,13,16,18-19H,3-4,9-12H2,1-2H3,(H,22,26). The number of fused-ring (bicyclic) bond motifs is 1. The van der Waals surface area contributed by atoms with E-state index in [0.717, 1.165) is 18.5 Å². The minimum atomic E-state index is -0.597. The van der Waals surface area contributed by atoms with Gasteiger partial charge in [-0.1, -0.05) is 12.8 Å². The highest BCUT2D eigenvalue weighted by atomic mass is 16.5. The molecular formula is C21H27N3O4. The monoisotopic (exact) mass is 385 g/mol. The molecule has 0 bridgehead atoms. The van der Waals surface area contributed by atoms with E-state index in [1.165, 1.54) is 0 Å². The number of carbonyl (C=O) groups excluding carboxylic acids is 3. The number of benzene rings is 1. The predicted molar refractivity (Wildman–Crippen MR) is 104 cm³/mol. The van der Waals surface area contributed by atoms with Crippen LogP contribution in [0, 0.1) is 5.92 Å². The Morgan fingerprint density at radius 1 is 1.21 bits per heavy atom. The summed E-state index contributed by atoms with van der Waals surface area (Å²) in [5.74, 6) is 0.0245. The Labute approximate surface area is 165 Å². The van der Waals surface area contributed by atoms with Crippen LogP contribution in [0.5, 0.6) is 0 Å². The molecule has 7 nitrogen and oxygen atoms in total. The van der Waals surface area contributed by atoms with Crippen molar-refractivity contribution in [2.45, 2.75) is 43.9 Å². The third-order valence-electron chi connectivity index (χ3n) is 5.91. The first-order chi connectivity index (χ1) is 13.4. The van der Waals surface area contributed by atoms with Gasteiger partial charge in [0.2, 0.25) is 5.91 Å². The Balaban J connectivity index is 1.47. The molecule has 2 aliphatic heterocycles. The summed E-state index contributed by atoms with van der Waals surface area (Å²) >= 11 is 0. The molecule has 2 saturated heterocycles. The number of Topliss-reactive ketones (excluding diaryl/α,β-unsaturated/α-hetero) is 1. The number of amides is 2. The molecule has 2 heterocycles. The number of likely N-dealkylation sites (tertiary alicyclic amines) is 1. The molecule has 3 unspecified atom stereocenters. The Bertz CT molecular complexity index is 772. The van der Waals surface area contributed by atoms with Gasteiger partial charge in [-0.25, -0.2) is 0 Å². The van der Waals surface area contributed by atoms with Gasteiger partial charge in [0, 0.05) is 31.9 Å². The van der Waals surface area contributed by atoms with Crippen molar-refractivity contribution in [1.29, 1.82) is 0 Å². The Hall–Kier alpha value is -2.41. The molecule has 3 aliphatic rings. The number of ketones is 1. The molecule has 1 saturated carbocycles. The van der Waals surface area contributed by atoms with E-state index < -0.39 is 12.1 Å². The summed E-state index contributed by atoms with van der Waals surface area (Å²) in [6.45, 7) is 0.589. The van der Waals surface area contributed by atoms with Gasteiger partial charge in [-0.2, -0.15) is 0 Å². The number of carbonyl (C=O) groups is 3. The van der Waals surface area contributed by atoms with Gasteiger partial charge in [0.15, 0.2) is 5.78 Å². The third kappa shape index (κ3) is 3.76. The first-order valence-electron chi connectivity index (χ1n) is 9.97. The van der Waals surface area contributed by atoms with Gasteiger partial charge in [-0.15, -0.1) is 0 Å². The molecule has 2 amide bonds. The third-order valence-corrected chi connectivity index (χ3v) is 5.91. The van der Waals surface area contributed by atoms with Crippen LogP contribution in [0.2, 0.25) is 0 Å². The molecule has 1 aromatic carbocycles. The average molecular weight is 385 g/mol. The van der Waals surface area contributed by atoms with Crippen molar-refractivity contribution in [3.05, 3.63) is 29.8 Å². The minimum Gasteiger partial charge on any atom is -0.378 e. The molecule has 150 valence electrons. The largest absolute Gasteiger partial charge is 0.378 e. The highest BCUT2D eigenvalue weighted by Gasteiger charge is 2.48. The second kappa shape index (κ2) is 7.54. The van der Waals surface area contributed by atoms with Crippen LogP contribution in [0.3, 0.4) is 0 Å². The van der Waals surface area contributed by atoms with Crippen LogP contribution in [0.1, 0.15) is 36.0 Å². The fraction of sp³-hybridized carbons (Fsp3) is 0.571. The molecule has 7 heteroatoms. The number of anilines is 1. The van der Waals surface area contributed by atoms with E-state index in [9.17, 15) is 14.4 Å². The Kier molecular flexibility index (Phi) is 5.10. The predicted octanol–water partition coefficient (Wildman–Crippen LogP) is 1.22. The van der Waals surface area contributed by atoms with Crippen molar-refractivity contribution in [2.75, 3.05) is 32.1 Å². The van der Waals surface area contributed by atoms with Crippen molar-refractivity contribution in [3.8, 4) is 0 Å². The molecule has 28 heavy (non-hydrogen) atoms. The maximum absolute atomic E-state index is 13.2. The van der Waals surface area contributed by atoms with Crippen LogP contribution < -0.4 is 10.2 Å². The molecule has 3 atom stereocenters. The van der Waals surface area contributed by atoms with Gasteiger partial charge in [0.1, 0.15) is 18.7 Å². The Morgan fingerprint density at radius 2 is 1.93 bits per heavy atom. The van der Waals surface area contributed by atoms with Crippen molar-refractivity contribution < 1.29 is 19.1 Å². The number of nitrogens with one attached hydrogen (secondary N) is 1. The van der Waals surface area contributed by atoms with E-state index in [4.69, 9.17) is 4.74 Å². The fourth-order valence-electron chi connectivity index (χ4n) is 4.10. The lowest BCUT2D eigenvalue weighted by Crippen LogP contribution is -2.52. The second-order valence-corrected chi connectivity index (χ2v) is 8.23. The normalized spacial score (nSPS) is 24.8. The highest BCUT2D eigenvalue weighted by Crippen LogP contribution is 2.35. The molecule has 1 aliphatic carbocycles. The minimum absolute atomic E-state index is 0.0355. The molecule has 0 aromatic heterocycles. The maximum atomic E-state index is 13.2. The van der Waals surface area contributed by atoms with E-state index in [0.29, 0.717) is 30.9 Å². The molecular weight excluding hydrogens is 358 g/mol. The van der Waals surface area contributed by atoms with Crippen molar-refractivity contribution in [3.63, 3.8) is 0 Å². The van der Waals surface area contributed by atoms with Crippen molar-refractivity contribution >= 4 is 23.3 Å². The van der Waals surface area contributed by atoms with E-state index in [2.05, 4.69) is 5.32 Å². The zero-order chi connectivity index (χ0) is 19.8. The first kappa shape index (κ1) is 18.9. The van der Waals surface area contributed by atoms with Crippen molar-refractivity contribution in [1.82, 2.24) is 10.2 Å². The van der Waals surface area contributed by atoms with Gasteiger partial charge in [0.05, 0.1) is 6.10 Å². The summed E-state index contributed by atoms with van der Waals surface area (Å²) in [6.07, 6.45) is 3.30. The van der Waals surface area contributed by atoms with E-state index in [1.54, 1.807) is 17.0 Å². The molecule has 1 aromatic rings. The molecule has 1 N–H and O–H groups in total. The van der Waals surface area contributed by atoms with E-state index in [1.807, 2.05) is 31.1 Å². The lowest BCUT2D eigenvalue weighted by Gasteiger charge is -2.27. The first-order valence-corrected chi connectivity index (χ1v) is 9.97. The lowest BCUT2D eigenvalue weighted by atomic mass is 10.1. The summed E-state index contributed by atoms with van der Waals surface area (Å²) in [4.78, 5) is 41.7. The summed E-state index contributed by atoms with van der Waals surface area (Å²) in [5, 5.41) is 2.93. The summed E-state index contributed by atoms with van der Waals surface area (Å²) in [6, 6.07) is 6.22. The number of hydrogen-bond donors (Lipinski definition) is 1. The number of ether oxygens (including phenoxy) is 1. The average Bonchev–Trinajstić information content (AvgIpc) is 3.28. The van der Waals surface area contributed by atoms with Crippen LogP contribution in [-0.2, 0) is 14.3 Å². The Morgan fingerprint density at radius 3 is 2.57 bits per heavy atom. The van der Waals surface area contributed by atoms with E-state index in [-0.39, 0.29) is 30.3 Å². The molecule has 4 rings (SSSR count). The number of hydrogen-bond acceptors (Lipinski definition) is 5. The topological polar surface area (TPSA) is 79.0 Å². The smallest absolute Gasteiger partial charge is 0.251 e. The van der Waals surface area contributed by atoms with Gasteiger partial charge in [-0.05, 0) is 43.0 Å². The quantitative estimate of drug-likeness (QED) is 0.797. The maximum Gasteiger partial charge on any atom is 0.251 e. The van der Waals surface area contributed by atoms with Crippen LogP contribution in [0.4, 0.5) is 5.69 Å². The number of rotatable bonds is 6. The van der Waals surface area contributed by atoms with Gasteiger partial charge >= 0.3 is 0 Å². The lowest BCUT2D eigenvalue weighted by molar-refractivity contribution is -0.138. The summed E-state index contributed by atoms with van der Waals surface area (Å²) in [7, 11) is 3.88. The highest BCUT2D eigenvalue weighted by molar-refractivity contribution is 5.99. The molecule has 0 radical (unpaired) electrons. The molecule has 3 fully saturated rings. The van der Waals surface area contributed by atoms with Crippen LogP contribution in [-0.4, -0.2) is 67.9 Å². The molecule has 0 spiro atoms. The second-order valence-electron chi connectivity index (χ2n) is 8.23. The van der Waals surface area contributed by atoms with Gasteiger partial charge < -0.3 is 19.9 Å². The number of nitrogens with zero attached hydrogens (tertiary/aromatic N) is 2. The van der Waals surface area contributed by atoms with Crippen LogP contribution in [0.25, 0.3) is 0 Å². The van der Waals surface area contributed by atoms with Crippen molar-refractivity contribution in [2.24, 2.45) is 5.92 Å². The van der Waals surface area contributed by atoms with E-state index >= 15 is 0 Å². The summed E-state index contributed by atoms with van der Waals surface area (Å²) < 4.78 is 5.49. The SMILES string of the molecule is CN(C)c1ccc(C(=O)NC(CC2CC2)C(=O)N2CCC3OCC(=O)C32)cc1. The van der Waals surface area contributed by atoms with Crippen LogP contribution in [0.15, 0.2) is 24.3 Å². The zero-order valence-electron chi connectivity index (χ0n) is 16.4. The summed E-state index contributed by atoms with van der Waals surface area (Å²) in [5.41, 5.74) is 1.53. The fourth-order valence-corrected chi connectivity index (χ4v) is 4.10.